The quantitative estimate of drug-likeness (QED) is 0.662. The highest BCUT2D eigenvalue weighted by Crippen LogP contribution is 2.39. The first kappa shape index (κ1) is 10.5. The van der Waals surface area contributed by atoms with Gasteiger partial charge in [-0.05, 0) is 11.6 Å². The van der Waals surface area contributed by atoms with Gasteiger partial charge in [-0.25, -0.2) is 4.79 Å². The van der Waals surface area contributed by atoms with Crippen molar-refractivity contribution in [2.24, 2.45) is 5.16 Å². The van der Waals surface area contributed by atoms with Crippen LogP contribution in [0.15, 0.2) is 47.6 Å². The molecule has 0 bridgehead atoms. The molecule has 4 nitrogen and oxygen atoms in total. The second-order valence-corrected chi connectivity index (χ2v) is 4.02. The zero-order valence-corrected chi connectivity index (χ0v) is 9.25. The third-order valence-electron chi connectivity index (χ3n) is 3.09. The second kappa shape index (κ2) is 3.70. The monoisotopic (exact) mass is 238 g/mol. The number of hydrogen-bond acceptors (Lipinski definition) is 3. The van der Waals surface area contributed by atoms with E-state index in [0.717, 1.165) is 5.56 Å². The normalized spacial score (nSPS) is 14.3. The van der Waals surface area contributed by atoms with Crippen molar-refractivity contribution in [3.63, 3.8) is 0 Å². The van der Waals surface area contributed by atoms with E-state index in [4.69, 9.17) is 0 Å². The van der Waals surface area contributed by atoms with Crippen LogP contribution < -0.4 is 0 Å². The van der Waals surface area contributed by atoms with Crippen LogP contribution in [-0.4, -0.2) is 16.8 Å². The Kier molecular flexibility index (Phi) is 2.16. The lowest BCUT2D eigenvalue weighted by molar-refractivity contribution is 0.0698. The Bertz CT molecular complexity index is 689. The van der Waals surface area contributed by atoms with Crippen molar-refractivity contribution in [2.45, 2.75) is 0 Å². The van der Waals surface area contributed by atoms with E-state index in [1.807, 2.05) is 6.07 Å². The van der Waals surface area contributed by atoms with Gasteiger partial charge in [0.05, 0.1) is 11.3 Å². The lowest BCUT2D eigenvalue weighted by Crippen LogP contribution is -2.01. The SMILES string of the molecule is O=C(O)c1cccc2c1-c1ccccc1/C2=N/[O-]. The molecule has 88 valence electrons. The van der Waals surface area contributed by atoms with Crippen molar-refractivity contribution in [1.29, 1.82) is 0 Å². The summed E-state index contributed by atoms with van der Waals surface area (Å²) in [6.07, 6.45) is 0. The van der Waals surface area contributed by atoms with Crippen LogP contribution in [0.3, 0.4) is 0 Å². The van der Waals surface area contributed by atoms with Crippen LogP contribution in [0.4, 0.5) is 0 Å². The Morgan fingerprint density at radius 3 is 2.33 bits per heavy atom. The van der Waals surface area contributed by atoms with Crippen LogP contribution in [0.2, 0.25) is 0 Å². The molecule has 1 aliphatic rings. The van der Waals surface area contributed by atoms with Gasteiger partial charge in [0.2, 0.25) is 0 Å². The van der Waals surface area contributed by atoms with Gasteiger partial charge in [0.1, 0.15) is 0 Å². The highest BCUT2D eigenvalue weighted by Gasteiger charge is 2.27. The van der Waals surface area contributed by atoms with Gasteiger partial charge in [-0.15, -0.1) is 0 Å². The summed E-state index contributed by atoms with van der Waals surface area (Å²) >= 11 is 0. The van der Waals surface area contributed by atoms with Gasteiger partial charge in [0.25, 0.3) is 0 Å². The fraction of sp³-hybridized carbons (Fsp3) is 0. The Hall–Kier alpha value is -2.62. The maximum atomic E-state index is 11.2. The number of aromatic carboxylic acids is 1. The van der Waals surface area contributed by atoms with Gasteiger partial charge in [-0.2, -0.15) is 0 Å². The van der Waals surface area contributed by atoms with Crippen LogP contribution >= 0.6 is 0 Å². The summed E-state index contributed by atoms with van der Waals surface area (Å²) in [5, 5.41) is 23.2. The molecule has 2 aromatic rings. The van der Waals surface area contributed by atoms with Crippen LogP contribution in [0.25, 0.3) is 11.1 Å². The summed E-state index contributed by atoms with van der Waals surface area (Å²) in [4.78, 5) is 11.2. The molecule has 0 saturated heterocycles. The molecule has 0 aromatic heterocycles. The van der Waals surface area contributed by atoms with Gasteiger partial charge < -0.3 is 15.5 Å². The number of benzene rings is 2. The molecule has 0 aliphatic heterocycles. The summed E-state index contributed by atoms with van der Waals surface area (Å²) in [5.41, 5.74) is 3.11. The third kappa shape index (κ3) is 1.26. The molecule has 3 rings (SSSR count). The van der Waals surface area contributed by atoms with Gasteiger partial charge in [-0.3, -0.25) is 0 Å². The molecule has 0 unspecified atom stereocenters. The first-order chi connectivity index (χ1) is 8.74. The molecule has 1 N–H and O–H groups in total. The summed E-state index contributed by atoms with van der Waals surface area (Å²) in [5.74, 6) is -1.01. The second-order valence-electron chi connectivity index (χ2n) is 4.02. The standard InChI is InChI=1S/C14H9NO3/c16-14(17)11-7-3-6-10-12(11)8-4-1-2-5-9(8)13(10)15-18/h1-7,18H,(H,16,17)/p-1/b15-13-. The first-order valence-corrected chi connectivity index (χ1v) is 5.41. The zero-order valence-electron chi connectivity index (χ0n) is 9.25. The minimum atomic E-state index is -1.01. The van der Waals surface area contributed by atoms with Gasteiger partial charge in [0.15, 0.2) is 0 Å². The predicted molar refractivity (Wildman–Crippen MR) is 67.8 cm³/mol. The Labute approximate surface area is 103 Å². The van der Waals surface area contributed by atoms with Crippen molar-refractivity contribution in [2.75, 3.05) is 0 Å². The molecule has 0 spiro atoms. The smallest absolute Gasteiger partial charge is 0.336 e. The molecule has 0 amide bonds. The van der Waals surface area contributed by atoms with Crippen molar-refractivity contribution in [3.05, 3.63) is 64.4 Å². The fourth-order valence-corrected chi connectivity index (χ4v) is 2.37. The summed E-state index contributed by atoms with van der Waals surface area (Å²) in [7, 11) is 0. The van der Waals surface area contributed by atoms with E-state index >= 15 is 0 Å². The average molecular weight is 238 g/mol. The molecule has 18 heavy (non-hydrogen) atoms. The first-order valence-electron chi connectivity index (χ1n) is 5.41. The molecular weight excluding hydrogens is 230 g/mol. The number of carboxylic acid groups (broad SMARTS) is 1. The average Bonchev–Trinajstić information content (AvgIpc) is 2.72. The van der Waals surface area contributed by atoms with E-state index < -0.39 is 5.97 Å². The molecule has 0 fully saturated rings. The van der Waals surface area contributed by atoms with Gasteiger partial charge >= 0.3 is 5.97 Å². The van der Waals surface area contributed by atoms with Gasteiger partial charge in [-0.1, -0.05) is 36.4 Å². The summed E-state index contributed by atoms with van der Waals surface area (Å²) in [6, 6.07) is 12.1. The molecule has 0 radical (unpaired) electrons. The largest absolute Gasteiger partial charge is 0.791 e. The lowest BCUT2D eigenvalue weighted by atomic mass is 10.00. The van der Waals surface area contributed by atoms with Gasteiger partial charge in [0, 0.05) is 16.7 Å². The van der Waals surface area contributed by atoms with E-state index in [1.54, 1.807) is 30.3 Å². The van der Waals surface area contributed by atoms with Crippen molar-refractivity contribution in [3.8, 4) is 11.1 Å². The van der Waals surface area contributed by atoms with E-state index in [-0.39, 0.29) is 5.56 Å². The molecule has 0 heterocycles. The molecular formula is C14H8NO3-. The Morgan fingerprint density at radius 1 is 1.00 bits per heavy atom. The van der Waals surface area contributed by atoms with Crippen LogP contribution in [-0.2, 0) is 0 Å². The highest BCUT2D eigenvalue weighted by atomic mass is 16.4. The maximum Gasteiger partial charge on any atom is 0.336 e. The molecule has 1 aliphatic carbocycles. The van der Waals surface area contributed by atoms with Crippen LogP contribution in [0, 0.1) is 5.21 Å². The summed E-state index contributed by atoms with van der Waals surface area (Å²) < 4.78 is 0. The molecule has 0 saturated carbocycles. The Balaban J connectivity index is 2.43. The molecule has 2 aromatic carbocycles. The van der Waals surface area contributed by atoms with Crippen LogP contribution in [0.1, 0.15) is 21.5 Å². The summed E-state index contributed by atoms with van der Waals surface area (Å²) in [6.45, 7) is 0. The topological polar surface area (TPSA) is 72.7 Å². The minimum Gasteiger partial charge on any atom is -0.791 e. The number of carbonyl (C=O) groups is 1. The predicted octanol–water partition coefficient (Wildman–Crippen LogP) is 2.70. The number of carboxylic acids is 1. The third-order valence-corrected chi connectivity index (χ3v) is 3.09. The van der Waals surface area contributed by atoms with Crippen molar-refractivity contribution < 1.29 is 9.90 Å². The molecule has 4 heteroatoms. The van der Waals surface area contributed by atoms with E-state index in [1.165, 1.54) is 6.07 Å². The van der Waals surface area contributed by atoms with Crippen LogP contribution in [0.5, 0.6) is 0 Å². The number of rotatable bonds is 1. The van der Waals surface area contributed by atoms with Crippen molar-refractivity contribution in [1.82, 2.24) is 0 Å². The Morgan fingerprint density at radius 2 is 1.67 bits per heavy atom. The number of fused-ring (bicyclic) bond motifs is 3. The van der Waals surface area contributed by atoms with E-state index in [0.29, 0.717) is 22.4 Å². The lowest BCUT2D eigenvalue weighted by Gasteiger charge is -2.05. The zero-order chi connectivity index (χ0) is 12.7. The maximum absolute atomic E-state index is 11.2. The minimum absolute atomic E-state index is 0.193. The molecule has 0 atom stereocenters. The fourth-order valence-electron chi connectivity index (χ4n) is 2.37. The highest BCUT2D eigenvalue weighted by molar-refractivity contribution is 6.26. The van der Waals surface area contributed by atoms with Crippen molar-refractivity contribution >= 4 is 11.7 Å². The van der Waals surface area contributed by atoms with E-state index in [2.05, 4.69) is 5.16 Å². The number of nitrogens with zero attached hydrogens (tertiary/aromatic N) is 1. The van der Waals surface area contributed by atoms with E-state index in [9.17, 15) is 15.1 Å². The number of hydrogen-bond donors (Lipinski definition) is 1.